The Bertz CT molecular complexity index is 614. The summed E-state index contributed by atoms with van der Waals surface area (Å²) in [5.41, 5.74) is 0.512. The lowest BCUT2D eigenvalue weighted by Gasteiger charge is -2.36. The third-order valence-corrected chi connectivity index (χ3v) is 4.27. The zero-order valence-corrected chi connectivity index (χ0v) is 14.1. The third-order valence-electron chi connectivity index (χ3n) is 3.91. The summed E-state index contributed by atoms with van der Waals surface area (Å²) in [6.45, 7) is 0.540. The molecule has 0 aliphatic carbocycles. The van der Waals surface area contributed by atoms with Gasteiger partial charge in [-0.2, -0.15) is 0 Å². The number of aliphatic hydroxyl groups excluding tert-OH is 1. The van der Waals surface area contributed by atoms with Crippen molar-refractivity contribution in [2.45, 2.75) is 25.0 Å². The van der Waals surface area contributed by atoms with E-state index in [1.165, 1.54) is 24.1 Å². The molecule has 0 aromatic heterocycles. The first kappa shape index (κ1) is 18.6. The molecule has 1 aliphatic rings. The number of hydrogen-bond donors (Lipinski definition) is 2. The Labute approximate surface area is 144 Å². The van der Waals surface area contributed by atoms with E-state index in [-0.39, 0.29) is 36.4 Å². The number of nitrogens with zero attached hydrogens (tertiary/aromatic N) is 1. The number of methoxy groups -OCH3 is 1. The number of benzene rings is 1. The average Bonchev–Trinajstić information content (AvgIpc) is 2.52. The van der Waals surface area contributed by atoms with E-state index in [0.717, 1.165) is 6.07 Å². The molecule has 2 rings (SSSR count). The van der Waals surface area contributed by atoms with Gasteiger partial charge < -0.3 is 20.1 Å². The minimum atomic E-state index is -0.854. The lowest BCUT2D eigenvalue weighted by atomic mass is 10.0. The van der Waals surface area contributed by atoms with Crippen LogP contribution in [0.25, 0.3) is 0 Å². The molecule has 1 aliphatic heterocycles. The van der Waals surface area contributed by atoms with Crippen LogP contribution in [0.3, 0.4) is 0 Å². The van der Waals surface area contributed by atoms with Crippen molar-refractivity contribution in [3.05, 3.63) is 34.6 Å². The lowest BCUT2D eigenvalue weighted by Crippen LogP contribution is -2.56. The van der Waals surface area contributed by atoms with Crippen molar-refractivity contribution in [3.8, 4) is 0 Å². The van der Waals surface area contributed by atoms with Gasteiger partial charge in [-0.3, -0.25) is 9.59 Å². The van der Waals surface area contributed by atoms with Crippen molar-refractivity contribution in [2.75, 3.05) is 26.8 Å². The smallest absolute Gasteiger partial charge is 0.248 e. The van der Waals surface area contributed by atoms with E-state index in [9.17, 15) is 19.1 Å². The Hall–Kier alpha value is -1.70. The number of carbonyl (C=O) groups excluding carboxylic acids is 2. The summed E-state index contributed by atoms with van der Waals surface area (Å²) in [7, 11) is 1.43. The molecule has 8 heteroatoms. The number of ether oxygens (including phenoxy) is 1. The molecule has 0 spiro atoms. The monoisotopic (exact) mass is 358 g/mol. The highest BCUT2D eigenvalue weighted by Gasteiger charge is 2.31. The van der Waals surface area contributed by atoms with E-state index in [1.807, 2.05) is 0 Å². The van der Waals surface area contributed by atoms with E-state index in [2.05, 4.69) is 5.32 Å². The molecule has 2 atom stereocenters. The zero-order chi connectivity index (χ0) is 17.7. The molecule has 2 N–H and O–H groups in total. The average molecular weight is 359 g/mol. The molecule has 0 radical (unpaired) electrons. The van der Waals surface area contributed by atoms with Gasteiger partial charge in [0.15, 0.2) is 0 Å². The number of carbonyl (C=O) groups is 2. The SMILES string of the molecule is COCC(=O)N1CC[C@@H](NC(=O)Cc2ccc(F)cc2Cl)[C@H](O)C1. The first-order valence-corrected chi connectivity index (χ1v) is 7.96. The molecule has 2 amide bonds. The number of amides is 2. The molecule has 1 aromatic carbocycles. The summed E-state index contributed by atoms with van der Waals surface area (Å²) in [6.07, 6.45) is -0.416. The van der Waals surface area contributed by atoms with Crippen LogP contribution in [0.2, 0.25) is 5.02 Å². The number of likely N-dealkylation sites (tertiary alicyclic amines) is 1. The molecule has 0 saturated carbocycles. The van der Waals surface area contributed by atoms with Crippen LogP contribution in [-0.2, 0) is 20.7 Å². The predicted octanol–water partition coefficient (Wildman–Crippen LogP) is 0.746. The molecule has 1 heterocycles. The molecular formula is C16H20ClFN2O4. The number of halogens is 2. The van der Waals surface area contributed by atoms with E-state index in [4.69, 9.17) is 16.3 Å². The van der Waals surface area contributed by atoms with Crippen LogP contribution in [0, 0.1) is 5.82 Å². The second kappa shape index (κ2) is 8.41. The summed E-state index contributed by atoms with van der Waals surface area (Å²) in [6, 6.07) is 3.41. The minimum Gasteiger partial charge on any atom is -0.389 e. The van der Waals surface area contributed by atoms with Gasteiger partial charge in [-0.05, 0) is 24.1 Å². The molecule has 0 unspecified atom stereocenters. The van der Waals surface area contributed by atoms with Gasteiger partial charge in [0, 0.05) is 25.2 Å². The van der Waals surface area contributed by atoms with Crippen LogP contribution in [-0.4, -0.2) is 60.8 Å². The molecule has 1 saturated heterocycles. The van der Waals surface area contributed by atoms with Gasteiger partial charge in [-0.1, -0.05) is 17.7 Å². The maximum atomic E-state index is 13.0. The normalized spacial score (nSPS) is 20.8. The number of rotatable bonds is 5. The molecule has 24 heavy (non-hydrogen) atoms. The molecule has 1 fully saturated rings. The molecule has 6 nitrogen and oxygen atoms in total. The summed E-state index contributed by atoms with van der Waals surface area (Å²) < 4.78 is 17.8. The molecule has 132 valence electrons. The number of nitrogens with one attached hydrogen (secondary N) is 1. The third kappa shape index (κ3) is 4.90. The van der Waals surface area contributed by atoms with Gasteiger partial charge in [0.2, 0.25) is 11.8 Å². The van der Waals surface area contributed by atoms with Crippen molar-refractivity contribution < 1.29 is 23.8 Å². The Morgan fingerprint density at radius 2 is 2.25 bits per heavy atom. The summed E-state index contributed by atoms with van der Waals surface area (Å²) >= 11 is 5.90. The van der Waals surface area contributed by atoms with Crippen LogP contribution < -0.4 is 5.32 Å². The number of aliphatic hydroxyl groups is 1. The molecular weight excluding hydrogens is 339 g/mol. The van der Waals surface area contributed by atoms with Crippen LogP contribution >= 0.6 is 11.6 Å². The van der Waals surface area contributed by atoms with Crippen molar-refractivity contribution in [3.63, 3.8) is 0 Å². The van der Waals surface area contributed by atoms with E-state index in [0.29, 0.717) is 18.5 Å². The first-order chi connectivity index (χ1) is 11.4. The van der Waals surface area contributed by atoms with Crippen LogP contribution in [0.4, 0.5) is 4.39 Å². The van der Waals surface area contributed by atoms with Gasteiger partial charge >= 0.3 is 0 Å². The highest BCUT2D eigenvalue weighted by molar-refractivity contribution is 6.31. The van der Waals surface area contributed by atoms with Crippen molar-refractivity contribution in [1.29, 1.82) is 0 Å². The minimum absolute atomic E-state index is 0.00530. The molecule has 0 bridgehead atoms. The van der Waals surface area contributed by atoms with Crippen LogP contribution in [0.1, 0.15) is 12.0 Å². The van der Waals surface area contributed by atoms with Gasteiger partial charge in [0.1, 0.15) is 12.4 Å². The largest absolute Gasteiger partial charge is 0.389 e. The fraction of sp³-hybridized carbons (Fsp3) is 0.500. The van der Waals surface area contributed by atoms with Crippen molar-refractivity contribution in [2.24, 2.45) is 0 Å². The Balaban J connectivity index is 1.87. The van der Waals surface area contributed by atoms with Crippen molar-refractivity contribution in [1.82, 2.24) is 10.2 Å². The predicted molar refractivity (Wildman–Crippen MR) is 86.1 cm³/mol. The van der Waals surface area contributed by atoms with Crippen molar-refractivity contribution >= 4 is 23.4 Å². The first-order valence-electron chi connectivity index (χ1n) is 7.58. The second-order valence-electron chi connectivity index (χ2n) is 5.72. The number of piperidine rings is 1. The van der Waals surface area contributed by atoms with E-state index in [1.54, 1.807) is 0 Å². The fourth-order valence-electron chi connectivity index (χ4n) is 2.64. The number of hydrogen-bond acceptors (Lipinski definition) is 4. The standard InChI is InChI=1S/C16H20ClFN2O4/c1-24-9-16(23)20-5-4-13(14(21)8-20)19-15(22)6-10-2-3-11(18)7-12(10)17/h2-3,7,13-14,21H,4-6,8-9H2,1H3,(H,19,22)/t13-,14-/m1/s1. The van der Waals surface area contributed by atoms with E-state index >= 15 is 0 Å². The summed E-state index contributed by atoms with van der Waals surface area (Å²) in [5.74, 6) is -0.976. The Morgan fingerprint density at radius 3 is 2.88 bits per heavy atom. The maximum absolute atomic E-state index is 13.0. The topological polar surface area (TPSA) is 78.9 Å². The quantitative estimate of drug-likeness (QED) is 0.814. The molecule has 1 aromatic rings. The summed E-state index contributed by atoms with van der Waals surface area (Å²) in [4.78, 5) is 25.3. The Kier molecular flexibility index (Phi) is 6.53. The maximum Gasteiger partial charge on any atom is 0.248 e. The van der Waals surface area contributed by atoms with Gasteiger partial charge in [-0.15, -0.1) is 0 Å². The Morgan fingerprint density at radius 1 is 1.50 bits per heavy atom. The zero-order valence-electron chi connectivity index (χ0n) is 13.3. The van der Waals surface area contributed by atoms with E-state index < -0.39 is 18.0 Å². The fourth-order valence-corrected chi connectivity index (χ4v) is 2.87. The van der Waals surface area contributed by atoms with Crippen LogP contribution in [0.15, 0.2) is 18.2 Å². The van der Waals surface area contributed by atoms with Gasteiger partial charge in [0.05, 0.1) is 18.6 Å². The van der Waals surface area contributed by atoms with Gasteiger partial charge in [-0.25, -0.2) is 4.39 Å². The number of β-amino-alcohol motifs (C(OH)–C–C–N with tert-alkyl or cyclic N) is 1. The highest BCUT2D eigenvalue weighted by Crippen LogP contribution is 2.18. The van der Waals surface area contributed by atoms with Crippen LogP contribution in [0.5, 0.6) is 0 Å². The lowest BCUT2D eigenvalue weighted by molar-refractivity contribution is -0.139. The summed E-state index contributed by atoms with van der Waals surface area (Å²) in [5, 5.41) is 13.1. The highest BCUT2D eigenvalue weighted by atomic mass is 35.5. The second-order valence-corrected chi connectivity index (χ2v) is 6.12. The van der Waals surface area contributed by atoms with Gasteiger partial charge in [0.25, 0.3) is 0 Å².